The Balaban J connectivity index is 1.95. The molecule has 4 heteroatoms. The quantitative estimate of drug-likeness (QED) is 0.815. The van der Waals surface area contributed by atoms with Gasteiger partial charge in [0.2, 0.25) is 5.91 Å². The van der Waals surface area contributed by atoms with E-state index in [1.165, 1.54) is 5.56 Å². The Morgan fingerprint density at radius 3 is 2.48 bits per heavy atom. The molecule has 1 atom stereocenters. The fourth-order valence-corrected chi connectivity index (χ4v) is 2.33. The van der Waals surface area contributed by atoms with Gasteiger partial charge in [-0.15, -0.1) is 0 Å². The zero-order chi connectivity index (χ0) is 16.7. The molecule has 0 saturated heterocycles. The number of amides is 1. The van der Waals surface area contributed by atoms with Gasteiger partial charge in [-0.1, -0.05) is 37.3 Å². The minimum atomic E-state index is 0.0279. The van der Waals surface area contributed by atoms with Crippen molar-refractivity contribution in [1.82, 2.24) is 5.32 Å². The molecule has 0 heterocycles. The molecule has 1 amide bonds. The third-order valence-electron chi connectivity index (χ3n) is 3.81. The van der Waals surface area contributed by atoms with E-state index in [-0.39, 0.29) is 11.9 Å². The predicted molar refractivity (Wildman–Crippen MR) is 93.6 cm³/mol. The summed E-state index contributed by atoms with van der Waals surface area (Å²) in [5.41, 5.74) is 3.14. The third kappa shape index (κ3) is 4.83. The minimum Gasteiger partial charge on any atom is -0.496 e. The van der Waals surface area contributed by atoms with Crippen LogP contribution in [0.1, 0.15) is 37.4 Å². The average molecular weight is 312 g/mol. The van der Waals surface area contributed by atoms with Crippen molar-refractivity contribution in [2.75, 3.05) is 12.4 Å². The van der Waals surface area contributed by atoms with E-state index in [1.807, 2.05) is 49.4 Å². The average Bonchev–Trinajstić information content (AvgIpc) is 2.60. The summed E-state index contributed by atoms with van der Waals surface area (Å²) in [5, 5.41) is 6.35. The molecule has 2 rings (SSSR count). The smallest absolute Gasteiger partial charge is 0.224 e. The molecule has 0 aromatic heterocycles. The van der Waals surface area contributed by atoms with Gasteiger partial charge < -0.3 is 15.4 Å². The largest absolute Gasteiger partial charge is 0.496 e. The molecule has 0 radical (unpaired) electrons. The summed E-state index contributed by atoms with van der Waals surface area (Å²) in [4.78, 5) is 11.4. The topological polar surface area (TPSA) is 50.4 Å². The van der Waals surface area contributed by atoms with Crippen molar-refractivity contribution >= 4 is 11.6 Å². The van der Waals surface area contributed by atoms with E-state index in [2.05, 4.69) is 23.6 Å². The van der Waals surface area contributed by atoms with E-state index in [9.17, 15) is 4.79 Å². The first kappa shape index (κ1) is 17.0. The van der Waals surface area contributed by atoms with E-state index in [1.54, 1.807) is 7.11 Å². The standard InChI is InChI=1S/C19H24N2O2/c1-4-19(22)21-17-11-9-15(10-12-17)14(2)20-13-16-7-5-6-8-18(16)23-3/h5-12,14,20H,4,13H2,1-3H3,(H,21,22)/t14-/m1/s1. The number of rotatable bonds is 7. The summed E-state index contributed by atoms with van der Waals surface area (Å²) in [6.45, 7) is 4.70. The SMILES string of the molecule is CCC(=O)Nc1ccc([C@@H](C)NCc2ccccc2OC)cc1. The lowest BCUT2D eigenvalue weighted by Gasteiger charge is -2.16. The van der Waals surface area contributed by atoms with Crippen molar-refractivity contribution in [2.24, 2.45) is 0 Å². The van der Waals surface area contributed by atoms with Crippen LogP contribution < -0.4 is 15.4 Å². The number of nitrogens with one attached hydrogen (secondary N) is 2. The van der Waals surface area contributed by atoms with Gasteiger partial charge in [0.15, 0.2) is 0 Å². The van der Waals surface area contributed by atoms with E-state index in [0.29, 0.717) is 6.42 Å². The van der Waals surface area contributed by atoms with Crippen molar-refractivity contribution < 1.29 is 9.53 Å². The Kier molecular flexibility index (Phi) is 6.18. The lowest BCUT2D eigenvalue weighted by Crippen LogP contribution is -2.18. The highest BCUT2D eigenvalue weighted by atomic mass is 16.5. The molecule has 0 spiro atoms. The highest BCUT2D eigenvalue weighted by molar-refractivity contribution is 5.90. The van der Waals surface area contributed by atoms with Gasteiger partial charge in [0.05, 0.1) is 7.11 Å². The zero-order valence-electron chi connectivity index (χ0n) is 13.9. The summed E-state index contributed by atoms with van der Waals surface area (Å²) >= 11 is 0. The molecule has 0 aliphatic heterocycles. The van der Waals surface area contributed by atoms with Gasteiger partial charge in [-0.05, 0) is 30.7 Å². The van der Waals surface area contributed by atoms with Crippen molar-refractivity contribution in [1.29, 1.82) is 0 Å². The zero-order valence-corrected chi connectivity index (χ0v) is 13.9. The molecule has 23 heavy (non-hydrogen) atoms. The summed E-state index contributed by atoms with van der Waals surface area (Å²) in [6, 6.07) is 16.1. The summed E-state index contributed by atoms with van der Waals surface area (Å²) in [5.74, 6) is 0.921. The summed E-state index contributed by atoms with van der Waals surface area (Å²) < 4.78 is 5.37. The van der Waals surface area contributed by atoms with Crippen LogP contribution in [0.5, 0.6) is 5.75 Å². The Morgan fingerprint density at radius 2 is 1.83 bits per heavy atom. The Morgan fingerprint density at radius 1 is 1.13 bits per heavy atom. The molecule has 2 N–H and O–H groups in total. The predicted octanol–water partition coefficient (Wildman–Crippen LogP) is 3.89. The number of ether oxygens (including phenoxy) is 1. The first-order chi connectivity index (χ1) is 11.1. The first-order valence-corrected chi connectivity index (χ1v) is 7.89. The Bertz CT molecular complexity index is 638. The van der Waals surface area contributed by atoms with Crippen molar-refractivity contribution in [3.63, 3.8) is 0 Å². The number of carbonyl (C=O) groups excluding carboxylic acids is 1. The van der Waals surface area contributed by atoms with Crippen LogP contribution in [0.25, 0.3) is 0 Å². The molecule has 0 saturated carbocycles. The molecule has 0 fully saturated rings. The monoisotopic (exact) mass is 312 g/mol. The van der Waals surface area contributed by atoms with E-state index in [4.69, 9.17) is 4.74 Å². The van der Waals surface area contributed by atoms with E-state index in [0.717, 1.165) is 23.5 Å². The Labute approximate surface area is 137 Å². The van der Waals surface area contributed by atoms with Crippen LogP contribution in [0.4, 0.5) is 5.69 Å². The molecular weight excluding hydrogens is 288 g/mol. The molecule has 0 aliphatic rings. The van der Waals surface area contributed by atoms with Crippen LogP contribution >= 0.6 is 0 Å². The highest BCUT2D eigenvalue weighted by Crippen LogP contribution is 2.20. The number of benzene rings is 2. The molecule has 0 aliphatic carbocycles. The third-order valence-corrected chi connectivity index (χ3v) is 3.81. The first-order valence-electron chi connectivity index (χ1n) is 7.89. The van der Waals surface area contributed by atoms with Gasteiger partial charge in [-0.2, -0.15) is 0 Å². The van der Waals surface area contributed by atoms with Crippen LogP contribution in [-0.4, -0.2) is 13.0 Å². The fourth-order valence-electron chi connectivity index (χ4n) is 2.33. The van der Waals surface area contributed by atoms with Crippen LogP contribution in [0.3, 0.4) is 0 Å². The molecule has 2 aromatic carbocycles. The number of carbonyl (C=O) groups is 1. The number of anilines is 1. The second-order valence-electron chi connectivity index (χ2n) is 5.44. The molecule has 122 valence electrons. The molecule has 2 aromatic rings. The van der Waals surface area contributed by atoms with Crippen molar-refractivity contribution in [3.05, 3.63) is 59.7 Å². The molecule has 0 unspecified atom stereocenters. The lowest BCUT2D eigenvalue weighted by molar-refractivity contribution is -0.115. The molecule has 0 bridgehead atoms. The van der Waals surface area contributed by atoms with Crippen LogP contribution in [-0.2, 0) is 11.3 Å². The van der Waals surface area contributed by atoms with Crippen LogP contribution in [0.2, 0.25) is 0 Å². The summed E-state index contributed by atoms with van der Waals surface area (Å²) in [7, 11) is 1.69. The maximum Gasteiger partial charge on any atom is 0.224 e. The van der Waals surface area contributed by atoms with Gasteiger partial charge in [0.1, 0.15) is 5.75 Å². The van der Waals surface area contributed by atoms with Crippen molar-refractivity contribution in [2.45, 2.75) is 32.9 Å². The second-order valence-corrected chi connectivity index (χ2v) is 5.44. The van der Waals surface area contributed by atoms with Crippen LogP contribution in [0.15, 0.2) is 48.5 Å². The van der Waals surface area contributed by atoms with Gasteiger partial charge in [-0.3, -0.25) is 4.79 Å². The second kappa shape index (κ2) is 8.34. The number of methoxy groups -OCH3 is 1. The highest BCUT2D eigenvalue weighted by Gasteiger charge is 2.07. The van der Waals surface area contributed by atoms with E-state index < -0.39 is 0 Å². The number of hydrogen-bond acceptors (Lipinski definition) is 3. The van der Waals surface area contributed by atoms with Crippen molar-refractivity contribution in [3.8, 4) is 5.75 Å². The van der Waals surface area contributed by atoms with Crippen LogP contribution in [0, 0.1) is 0 Å². The number of hydrogen-bond donors (Lipinski definition) is 2. The minimum absolute atomic E-state index is 0.0279. The fraction of sp³-hybridized carbons (Fsp3) is 0.316. The van der Waals surface area contributed by atoms with Gasteiger partial charge in [0.25, 0.3) is 0 Å². The number of para-hydroxylation sites is 1. The Hall–Kier alpha value is -2.33. The van der Waals surface area contributed by atoms with E-state index >= 15 is 0 Å². The van der Waals surface area contributed by atoms with Gasteiger partial charge in [-0.25, -0.2) is 0 Å². The maximum absolute atomic E-state index is 11.4. The lowest BCUT2D eigenvalue weighted by atomic mass is 10.1. The molecule has 4 nitrogen and oxygen atoms in total. The summed E-state index contributed by atoms with van der Waals surface area (Å²) in [6.07, 6.45) is 0.485. The maximum atomic E-state index is 11.4. The van der Waals surface area contributed by atoms with Gasteiger partial charge >= 0.3 is 0 Å². The van der Waals surface area contributed by atoms with Gasteiger partial charge in [0, 0.05) is 30.3 Å². The normalized spacial score (nSPS) is 11.8. The molecular formula is C19H24N2O2.